The molecule has 2 saturated carbocycles. The molecule has 1 atom stereocenters. The number of hydrogen-bond acceptors (Lipinski definition) is 2. The average Bonchev–Trinajstić information content (AvgIpc) is 2.99. The fourth-order valence-corrected chi connectivity index (χ4v) is 2.72. The molecule has 1 spiro atoms. The van der Waals surface area contributed by atoms with Crippen LogP contribution in [-0.4, -0.2) is 36.1 Å². The SMILES string of the molecule is CC(C)OC1CN(C(=O)C2CC23CC3)C1. The van der Waals surface area contributed by atoms with E-state index in [1.165, 1.54) is 12.8 Å². The largest absolute Gasteiger partial charge is 0.372 e. The molecule has 3 heteroatoms. The summed E-state index contributed by atoms with van der Waals surface area (Å²) in [6.07, 6.45) is 4.33. The molecule has 84 valence electrons. The molecular weight excluding hydrogens is 190 g/mol. The number of likely N-dealkylation sites (tertiary alicyclic amines) is 1. The Hall–Kier alpha value is -0.570. The van der Waals surface area contributed by atoms with Crippen LogP contribution in [0.25, 0.3) is 0 Å². The van der Waals surface area contributed by atoms with Crippen LogP contribution >= 0.6 is 0 Å². The summed E-state index contributed by atoms with van der Waals surface area (Å²) in [7, 11) is 0. The molecule has 0 aromatic carbocycles. The first-order chi connectivity index (χ1) is 7.11. The van der Waals surface area contributed by atoms with Gasteiger partial charge in [-0.25, -0.2) is 0 Å². The first-order valence-electron chi connectivity index (χ1n) is 6.05. The van der Waals surface area contributed by atoms with Crippen LogP contribution in [0, 0.1) is 11.3 Å². The van der Waals surface area contributed by atoms with E-state index in [1.54, 1.807) is 0 Å². The third-order valence-corrected chi connectivity index (χ3v) is 4.00. The molecule has 1 amide bonds. The maximum atomic E-state index is 11.9. The maximum absolute atomic E-state index is 11.9. The first kappa shape index (κ1) is 9.64. The van der Waals surface area contributed by atoms with Gasteiger partial charge in [-0.1, -0.05) is 0 Å². The van der Waals surface area contributed by atoms with Crippen molar-refractivity contribution in [3.63, 3.8) is 0 Å². The molecule has 1 heterocycles. The van der Waals surface area contributed by atoms with Gasteiger partial charge in [0, 0.05) is 19.0 Å². The van der Waals surface area contributed by atoms with Gasteiger partial charge in [-0.2, -0.15) is 0 Å². The number of amides is 1. The topological polar surface area (TPSA) is 29.5 Å². The summed E-state index contributed by atoms with van der Waals surface area (Å²) in [6, 6.07) is 0. The van der Waals surface area contributed by atoms with Gasteiger partial charge in [0.05, 0.1) is 12.2 Å². The summed E-state index contributed by atoms with van der Waals surface area (Å²) in [5.74, 6) is 0.786. The first-order valence-corrected chi connectivity index (χ1v) is 6.05. The second-order valence-corrected chi connectivity index (χ2v) is 5.67. The van der Waals surface area contributed by atoms with E-state index in [1.807, 2.05) is 18.7 Å². The Kier molecular flexibility index (Phi) is 1.91. The molecule has 0 bridgehead atoms. The molecule has 1 saturated heterocycles. The average molecular weight is 209 g/mol. The second-order valence-electron chi connectivity index (χ2n) is 5.67. The van der Waals surface area contributed by atoms with E-state index in [9.17, 15) is 4.79 Å². The molecule has 2 aliphatic carbocycles. The highest BCUT2D eigenvalue weighted by molar-refractivity contribution is 5.84. The van der Waals surface area contributed by atoms with Crippen LogP contribution in [0.5, 0.6) is 0 Å². The number of carbonyl (C=O) groups is 1. The van der Waals surface area contributed by atoms with Crippen LogP contribution in [-0.2, 0) is 9.53 Å². The van der Waals surface area contributed by atoms with E-state index in [0.29, 0.717) is 23.3 Å². The standard InChI is InChI=1S/C12H19NO2/c1-8(2)15-9-6-13(7-9)11(14)10-5-12(10)3-4-12/h8-10H,3-7H2,1-2H3. The van der Waals surface area contributed by atoms with Crippen LogP contribution < -0.4 is 0 Å². The van der Waals surface area contributed by atoms with Crippen LogP contribution in [0.2, 0.25) is 0 Å². The van der Waals surface area contributed by atoms with Gasteiger partial charge in [0.25, 0.3) is 0 Å². The monoisotopic (exact) mass is 209 g/mol. The van der Waals surface area contributed by atoms with E-state index in [-0.39, 0.29) is 6.10 Å². The Morgan fingerprint density at radius 3 is 2.53 bits per heavy atom. The second kappa shape index (κ2) is 2.97. The predicted molar refractivity (Wildman–Crippen MR) is 56.4 cm³/mol. The van der Waals surface area contributed by atoms with Crippen molar-refractivity contribution in [3.05, 3.63) is 0 Å². The molecule has 3 fully saturated rings. The number of hydrogen-bond donors (Lipinski definition) is 0. The summed E-state index contributed by atoms with van der Waals surface area (Å²) in [6.45, 7) is 5.74. The third-order valence-electron chi connectivity index (χ3n) is 4.00. The summed E-state index contributed by atoms with van der Waals surface area (Å²) < 4.78 is 5.64. The van der Waals surface area contributed by atoms with Crippen molar-refractivity contribution in [2.75, 3.05) is 13.1 Å². The van der Waals surface area contributed by atoms with Gasteiger partial charge in [-0.15, -0.1) is 0 Å². The van der Waals surface area contributed by atoms with Crippen molar-refractivity contribution in [3.8, 4) is 0 Å². The molecule has 0 radical (unpaired) electrons. The molecule has 0 N–H and O–H groups in total. The lowest BCUT2D eigenvalue weighted by Gasteiger charge is -2.40. The Morgan fingerprint density at radius 1 is 1.40 bits per heavy atom. The van der Waals surface area contributed by atoms with Crippen molar-refractivity contribution in [2.45, 2.75) is 45.3 Å². The molecule has 0 aromatic heterocycles. The van der Waals surface area contributed by atoms with Gasteiger partial charge in [-0.05, 0) is 38.5 Å². The van der Waals surface area contributed by atoms with E-state index in [4.69, 9.17) is 4.74 Å². The maximum Gasteiger partial charge on any atom is 0.226 e. The van der Waals surface area contributed by atoms with Crippen molar-refractivity contribution in [2.24, 2.45) is 11.3 Å². The zero-order valence-electron chi connectivity index (χ0n) is 9.53. The number of rotatable bonds is 3. The zero-order chi connectivity index (χ0) is 10.6. The fraction of sp³-hybridized carbons (Fsp3) is 0.917. The van der Waals surface area contributed by atoms with E-state index in [0.717, 1.165) is 19.5 Å². The fourth-order valence-electron chi connectivity index (χ4n) is 2.72. The highest BCUT2D eigenvalue weighted by Gasteiger charge is 2.66. The lowest BCUT2D eigenvalue weighted by molar-refractivity contribution is -0.149. The van der Waals surface area contributed by atoms with Gasteiger partial charge in [0.15, 0.2) is 0 Å². The molecule has 3 rings (SSSR count). The quantitative estimate of drug-likeness (QED) is 0.703. The molecule has 3 aliphatic rings. The van der Waals surface area contributed by atoms with Crippen LogP contribution in [0.1, 0.15) is 33.1 Å². The Morgan fingerprint density at radius 2 is 2.07 bits per heavy atom. The smallest absolute Gasteiger partial charge is 0.226 e. The molecule has 0 aromatic rings. The van der Waals surface area contributed by atoms with Crippen molar-refractivity contribution in [1.29, 1.82) is 0 Å². The normalized spacial score (nSPS) is 31.9. The Bertz CT molecular complexity index is 290. The predicted octanol–water partition coefficient (Wildman–Crippen LogP) is 1.42. The minimum Gasteiger partial charge on any atom is -0.372 e. The van der Waals surface area contributed by atoms with Crippen LogP contribution in [0.4, 0.5) is 0 Å². The van der Waals surface area contributed by atoms with Crippen LogP contribution in [0.15, 0.2) is 0 Å². The van der Waals surface area contributed by atoms with Crippen molar-refractivity contribution < 1.29 is 9.53 Å². The van der Waals surface area contributed by atoms with Gasteiger partial charge in [0.2, 0.25) is 5.91 Å². The lowest BCUT2D eigenvalue weighted by atomic mass is 10.1. The Labute approximate surface area is 90.8 Å². The molecule has 1 aliphatic heterocycles. The van der Waals surface area contributed by atoms with Gasteiger partial charge in [0.1, 0.15) is 0 Å². The lowest BCUT2D eigenvalue weighted by Crippen LogP contribution is -2.56. The highest BCUT2D eigenvalue weighted by atomic mass is 16.5. The van der Waals surface area contributed by atoms with E-state index >= 15 is 0 Å². The summed E-state index contributed by atoms with van der Waals surface area (Å²) in [4.78, 5) is 13.9. The molecule has 3 nitrogen and oxygen atoms in total. The number of nitrogens with zero attached hydrogens (tertiary/aromatic N) is 1. The van der Waals surface area contributed by atoms with Gasteiger partial charge in [-0.3, -0.25) is 4.79 Å². The number of ether oxygens (including phenoxy) is 1. The minimum atomic E-state index is 0.281. The Balaban J connectivity index is 1.45. The van der Waals surface area contributed by atoms with Crippen molar-refractivity contribution >= 4 is 5.91 Å². The molecule has 1 unspecified atom stereocenters. The van der Waals surface area contributed by atoms with Gasteiger partial charge < -0.3 is 9.64 Å². The number of carbonyl (C=O) groups excluding carboxylic acids is 1. The van der Waals surface area contributed by atoms with E-state index < -0.39 is 0 Å². The van der Waals surface area contributed by atoms with Crippen LogP contribution in [0.3, 0.4) is 0 Å². The summed E-state index contributed by atoms with van der Waals surface area (Å²) >= 11 is 0. The van der Waals surface area contributed by atoms with Gasteiger partial charge >= 0.3 is 0 Å². The van der Waals surface area contributed by atoms with Crippen molar-refractivity contribution in [1.82, 2.24) is 4.90 Å². The zero-order valence-corrected chi connectivity index (χ0v) is 9.53. The van der Waals surface area contributed by atoms with E-state index in [2.05, 4.69) is 0 Å². The highest BCUT2D eigenvalue weighted by Crippen LogP contribution is 2.71. The summed E-state index contributed by atoms with van der Waals surface area (Å²) in [5, 5.41) is 0. The minimum absolute atomic E-state index is 0.281. The summed E-state index contributed by atoms with van der Waals surface area (Å²) in [5.41, 5.74) is 0.501. The molecule has 15 heavy (non-hydrogen) atoms. The molecular formula is C12H19NO2. The third kappa shape index (κ3) is 1.57.